The number of rotatable bonds is 5. The molecule has 2 fully saturated rings. The number of aryl methyl sites for hydroxylation is 1. The second kappa shape index (κ2) is 7.93. The van der Waals surface area contributed by atoms with Crippen molar-refractivity contribution >= 4 is 5.91 Å². The average Bonchev–Trinajstić information content (AvgIpc) is 3.09. The van der Waals surface area contributed by atoms with Crippen LogP contribution in [0.4, 0.5) is 0 Å². The molecule has 23 heavy (non-hydrogen) atoms. The van der Waals surface area contributed by atoms with Crippen LogP contribution in [0, 0.1) is 0 Å². The number of ether oxygens (including phenoxy) is 1. The number of hydrogen-bond acceptors (Lipinski definition) is 4. The number of likely N-dealkylation sites (tertiary alicyclic amines) is 1. The summed E-state index contributed by atoms with van der Waals surface area (Å²) in [5, 5.41) is 4.24. The van der Waals surface area contributed by atoms with Gasteiger partial charge >= 0.3 is 0 Å². The first kappa shape index (κ1) is 16.5. The van der Waals surface area contributed by atoms with Crippen LogP contribution in [0.25, 0.3) is 0 Å². The van der Waals surface area contributed by atoms with Crippen molar-refractivity contribution in [2.24, 2.45) is 0 Å². The molecule has 1 aromatic rings. The van der Waals surface area contributed by atoms with E-state index in [0.29, 0.717) is 6.04 Å². The van der Waals surface area contributed by atoms with E-state index in [2.05, 4.69) is 14.9 Å². The minimum Gasteiger partial charge on any atom is -0.379 e. The minimum atomic E-state index is 0.149. The molecular weight excluding hydrogens is 292 g/mol. The van der Waals surface area contributed by atoms with Gasteiger partial charge in [-0.25, -0.2) is 0 Å². The molecule has 2 saturated heterocycles. The molecule has 6 nitrogen and oxygen atoms in total. The highest BCUT2D eigenvalue weighted by molar-refractivity contribution is 5.92. The molecule has 3 rings (SSSR count). The average molecular weight is 320 g/mol. The van der Waals surface area contributed by atoms with Gasteiger partial charge in [-0.05, 0) is 38.7 Å². The first-order valence-corrected chi connectivity index (χ1v) is 8.92. The molecule has 0 spiro atoms. The zero-order valence-corrected chi connectivity index (χ0v) is 14.1. The van der Waals surface area contributed by atoms with Crippen LogP contribution in [0.15, 0.2) is 12.3 Å². The Labute approximate surface area is 138 Å². The fourth-order valence-electron chi connectivity index (χ4n) is 3.64. The molecule has 2 aliphatic heterocycles. The number of hydrogen-bond donors (Lipinski definition) is 0. The fraction of sp³-hybridized carbons (Fsp3) is 0.765. The van der Waals surface area contributed by atoms with E-state index in [1.54, 1.807) is 10.9 Å². The van der Waals surface area contributed by atoms with Gasteiger partial charge in [0.25, 0.3) is 5.91 Å². The summed E-state index contributed by atoms with van der Waals surface area (Å²) in [6.45, 7) is 8.40. The topological polar surface area (TPSA) is 50.6 Å². The third-order valence-electron chi connectivity index (χ3n) is 5.01. The van der Waals surface area contributed by atoms with Gasteiger partial charge in [-0.1, -0.05) is 0 Å². The molecule has 1 aromatic heterocycles. The maximum atomic E-state index is 12.9. The van der Waals surface area contributed by atoms with Crippen LogP contribution in [0.2, 0.25) is 0 Å². The second-order valence-corrected chi connectivity index (χ2v) is 6.42. The SMILES string of the molecule is CCn1nccc1C(=O)N1CCCCC1CCN1CCOCC1. The second-order valence-electron chi connectivity index (χ2n) is 6.42. The van der Waals surface area contributed by atoms with Gasteiger partial charge in [0.2, 0.25) is 0 Å². The van der Waals surface area contributed by atoms with Crippen molar-refractivity contribution in [1.29, 1.82) is 0 Å². The zero-order valence-electron chi connectivity index (χ0n) is 14.1. The summed E-state index contributed by atoms with van der Waals surface area (Å²) in [6, 6.07) is 2.21. The van der Waals surface area contributed by atoms with E-state index in [9.17, 15) is 4.79 Å². The quantitative estimate of drug-likeness (QED) is 0.827. The summed E-state index contributed by atoms with van der Waals surface area (Å²) in [7, 11) is 0. The lowest BCUT2D eigenvalue weighted by atomic mass is 9.98. The Morgan fingerprint density at radius 3 is 2.91 bits per heavy atom. The van der Waals surface area contributed by atoms with Crippen molar-refractivity contribution in [1.82, 2.24) is 19.6 Å². The highest BCUT2D eigenvalue weighted by Crippen LogP contribution is 2.22. The van der Waals surface area contributed by atoms with Crippen LogP contribution in [-0.2, 0) is 11.3 Å². The van der Waals surface area contributed by atoms with Crippen molar-refractivity contribution < 1.29 is 9.53 Å². The van der Waals surface area contributed by atoms with E-state index in [1.165, 1.54) is 6.42 Å². The number of amides is 1. The van der Waals surface area contributed by atoms with E-state index in [1.807, 2.05) is 13.0 Å². The van der Waals surface area contributed by atoms with E-state index < -0.39 is 0 Å². The normalized spacial score (nSPS) is 23.2. The van der Waals surface area contributed by atoms with Gasteiger partial charge < -0.3 is 9.64 Å². The molecule has 0 radical (unpaired) electrons. The van der Waals surface area contributed by atoms with Crippen molar-refractivity contribution in [3.05, 3.63) is 18.0 Å². The third-order valence-corrected chi connectivity index (χ3v) is 5.01. The number of morpholine rings is 1. The van der Waals surface area contributed by atoms with Crippen LogP contribution in [-0.4, -0.2) is 70.9 Å². The Morgan fingerprint density at radius 2 is 2.13 bits per heavy atom. The van der Waals surface area contributed by atoms with Gasteiger partial charge in [0.05, 0.1) is 13.2 Å². The van der Waals surface area contributed by atoms with E-state index in [4.69, 9.17) is 4.74 Å². The smallest absolute Gasteiger partial charge is 0.272 e. The van der Waals surface area contributed by atoms with E-state index in [-0.39, 0.29) is 5.91 Å². The Hall–Kier alpha value is -1.40. The molecule has 2 aliphatic rings. The van der Waals surface area contributed by atoms with Crippen molar-refractivity contribution in [3.63, 3.8) is 0 Å². The summed E-state index contributed by atoms with van der Waals surface area (Å²) in [5.41, 5.74) is 0.728. The van der Waals surface area contributed by atoms with Crippen LogP contribution in [0.3, 0.4) is 0 Å². The molecule has 3 heterocycles. The summed E-state index contributed by atoms with van der Waals surface area (Å²) in [5.74, 6) is 0.149. The van der Waals surface area contributed by atoms with Gasteiger partial charge in [-0.2, -0.15) is 5.10 Å². The largest absolute Gasteiger partial charge is 0.379 e. The van der Waals surface area contributed by atoms with Gasteiger partial charge in [-0.3, -0.25) is 14.4 Å². The van der Waals surface area contributed by atoms with E-state index >= 15 is 0 Å². The molecule has 1 unspecified atom stereocenters. The molecule has 0 saturated carbocycles. The molecule has 0 aliphatic carbocycles. The Morgan fingerprint density at radius 1 is 1.30 bits per heavy atom. The molecule has 6 heteroatoms. The number of carbonyl (C=O) groups is 1. The molecule has 0 bridgehead atoms. The van der Waals surface area contributed by atoms with Crippen molar-refractivity contribution in [2.75, 3.05) is 39.4 Å². The Kier molecular flexibility index (Phi) is 5.67. The predicted molar refractivity (Wildman–Crippen MR) is 88.5 cm³/mol. The van der Waals surface area contributed by atoms with Gasteiger partial charge in [0.15, 0.2) is 0 Å². The third kappa shape index (κ3) is 3.93. The molecule has 0 N–H and O–H groups in total. The lowest BCUT2D eigenvalue weighted by molar-refractivity contribution is 0.0293. The minimum absolute atomic E-state index is 0.149. The first-order chi connectivity index (χ1) is 11.3. The van der Waals surface area contributed by atoms with Crippen LogP contribution in [0.5, 0.6) is 0 Å². The number of aromatic nitrogens is 2. The maximum absolute atomic E-state index is 12.9. The molecule has 128 valence electrons. The summed E-state index contributed by atoms with van der Waals surface area (Å²) < 4.78 is 7.21. The van der Waals surface area contributed by atoms with Crippen molar-refractivity contribution in [3.8, 4) is 0 Å². The summed E-state index contributed by atoms with van der Waals surface area (Å²) in [6.07, 6.45) is 6.25. The van der Waals surface area contributed by atoms with Gasteiger partial charge in [0, 0.05) is 45.0 Å². The monoisotopic (exact) mass is 320 g/mol. The first-order valence-electron chi connectivity index (χ1n) is 8.92. The van der Waals surface area contributed by atoms with Crippen LogP contribution < -0.4 is 0 Å². The van der Waals surface area contributed by atoms with Gasteiger partial charge in [-0.15, -0.1) is 0 Å². The lowest BCUT2D eigenvalue weighted by Crippen LogP contribution is -2.46. The van der Waals surface area contributed by atoms with Crippen LogP contribution in [0.1, 0.15) is 43.1 Å². The summed E-state index contributed by atoms with van der Waals surface area (Å²) >= 11 is 0. The molecule has 1 amide bonds. The molecular formula is C17H28N4O2. The van der Waals surface area contributed by atoms with Crippen molar-refractivity contribution in [2.45, 2.75) is 45.2 Å². The Bertz CT molecular complexity index is 510. The number of carbonyl (C=O) groups excluding carboxylic acids is 1. The maximum Gasteiger partial charge on any atom is 0.272 e. The fourth-order valence-corrected chi connectivity index (χ4v) is 3.64. The standard InChI is InChI=1S/C17H28N4O2/c1-2-21-16(6-8-18-21)17(22)20-9-4-3-5-15(20)7-10-19-11-13-23-14-12-19/h6,8,15H,2-5,7,9-14H2,1H3. The van der Waals surface area contributed by atoms with E-state index in [0.717, 1.165) is 70.9 Å². The number of nitrogens with zero attached hydrogens (tertiary/aromatic N) is 4. The van der Waals surface area contributed by atoms with Gasteiger partial charge in [0.1, 0.15) is 5.69 Å². The summed E-state index contributed by atoms with van der Waals surface area (Å²) in [4.78, 5) is 17.5. The zero-order chi connectivity index (χ0) is 16.1. The molecule has 0 aromatic carbocycles. The highest BCUT2D eigenvalue weighted by atomic mass is 16.5. The number of piperidine rings is 1. The Balaban J connectivity index is 1.62. The lowest BCUT2D eigenvalue weighted by Gasteiger charge is -2.37. The van der Waals surface area contributed by atoms with Crippen LogP contribution >= 0.6 is 0 Å². The highest BCUT2D eigenvalue weighted by Gasteiger charge is 2.29. The predicted octanol–water partition coefficient (Wildman–Crippen LogP) is 1.62. The molecule has 1 atom stereocenters.